The first-order chi connectivity index (χ1) is 18.5. The van der Waals surface area contributed by atoms with Crippen molar-refractivity contribution in [3.8, 4) is 0 Å². The van der Waals surface area contributed by atoms with Crippen molar-refractivity contribution in [3.05, 3.63) is 69.2 Å². The molecule has 0 atom stereocenters. The number of aromatic nitrogens is 2. The lowest BCUT2D eigenvalue weighted by Gasteiger charge is -2.39. The molecule has 0 spiro atoms. The Morgan fingerprint density at radius 2 is 1.97 bits per heavy atom. The zero-order valence-electron chi connectivity index (χ0n) is 21.2. The zero-order chi connectivity index (χ0) is 27.8. The molecule has 3 heterocycles. The van der Waals surface area contributed by atoms with Crippen LogP contribution in [0.1, 0.15) is 36.5 Å². The van der Waals surface area contributed by atoms with Crippen molar-refractivity contribution in [2.24, 2.45) is 10.7 Å². The Kier molecular flexibility index (Phi) is 7.78. The molecule has 0 radical (unpaired) electrons. The molecular formula is C27H27ClF3N5O2S. The van der Waals surface area contributed by atoms with Crippen LogP contribution in [0.2, 0.25) is 5.02 Å². The number of nitrogens with zero attached hydrogens (tertiary/aromatic N) is 4. The third kappa shape index (κ3) is 6.16. The number of carbonyl (C=O) groups is 1. The van der Waals surface area contributed by atoms with Crippen molar-refractivity contribution >= 4 is 51.4 Å². The van der Waals surface area contributed by atoms with Gasteiger partial charge in [0.2, 0.25) is 0 Å². The van der Waals surface area contributed by atoms with Gasteiger partial charge >= 0.3 is 6.18 Å². The maximum atomic E-state index is 13.5. The third-order valence-corrected chi connectivity index (χ3v) is 8.17. The first-order valence-corrected chi connectivity index (χ1v) is 13.7. The number of rotatable bonds is 6. The molecule has 0 saturated carbocycles. The molecule has 12 heteroatoms. The Morgan fingerprint density at radius 3 is 2.69 bits per heavy atom. The number of amides is 1. The lowest BCUT2D eigenvalue weighted by Crippen LogP contribution is -2.54. The Bertz CT molecular complexity index is 1460. The second kappa shape index (κ2) is 11.0. The number of hydrogen-bond donors (Lipinski definition) is 1. The van der Waals surface area contributed by atoms with Crippen LogP contribution in [0, 0.1) is 0 Å². The summed E-state index contributed by atoms with van der Waals surface area (Å²) >= 11 is 7.14. The molecule has 0 aliphatic carbocycles. The molecule has 1 fully saturated rings. The molecule has 39 heavy (non-hydrogen) atoms. The van der Waals surface area contributed by atoms with Gasteiger partial charge in [-0.3, -0.25) is 9.48 Å². The fraction of sp³-hybridized carbons (Fsp3) is 0.370. The predicted octanol–water partition coefficient (Wildman–Crippen LogP) is 5.56. The van der Waals surface area contributed by atoms with Crippen LogP contribution in [0.3, 0.4) is 0 Å². The first kappa shape index (κ1) is 27.7. The highest BCUT2D eigenvalue weighted by Crippen LogP contribution is 2.35. The van der Waals surface area contributed by atoms with Gasteiger partial charge in [-0.15, -0.1) is 0 Å². The van der Waals surface area contributed by atoms with Crippen LogP contribution in [0.4, 0.5) is 13.2 Å². The number of hydrogen-bond acceptors (Lipinski definition) is 6. The van der Waals surface area contributed by atoms with Crippen molar-refractivity contribution in [2.75, 3.05) is 26.3 Å². The molecule has 0 bridgehead atoms. The monoisotopic (exact) mass is 577 g/mol. The summed E-state index contributed by atoms with van der Waals surface area (Å²) in [6.07, 6.45) is 0.344. The van der Waals surface area contributed by atoms with Gasteiger partial charge < -0.3 is 15.4 Å². The second-order valence-corrected chi connectivity index (χ2v) is 11.2. The van der Waals surface area contributed by atoms with Gasteiger partial charge in [0.05, 0.1) is 35.3 Å². The fourth-order valence-electron chi connectivity index (χ4n) is 4.71. The molecular weight excluding hydrogens is 551 g/mol. The number of carbonyl (C=O) groups excluding carboxylic acids is 1. The molecule has 0 unspecified atom stereocenters. The fourth-order valence-corrected chi connectivity index (χ4v) is 5.85. The lowest BCUT2D eigenvalue weighted by atomic mass is 9.90. The van der Waals surface area contributed by atoms with Gasteiger partial charge in [-0.1, -0.05) is 23.7 Å². The van der Waals surface area contributed by atoms with E-state index in [9.17, 15) is 18.0 Å². The van der Waals surface area contributed by atoms with Gasteiger partial charge in [-0.25, -0.2) is 0 Å². The molecule has 5 rings (SSSR count). The van der Waals surface area contributed by atoms with E-state index in [4.69, 9.17) is 22.1 Å². The van der Waals surface area contributed by atoms with Crippen LogP contribution in [0.5, 0.6) is 0 Å². The number of halogens is 4. The van der Waals surface area contributed by atoms with Crippen LogP contribution in [0.25, 0.3) is 17.0 Å². The summed E-state index contributed by atoms with van der Waals surface area (Å²) in [6, 6.07) is 9.17. The normalized spacial score (nSPS) is 18.8. The van der Waals surface area contributed by atoms with Gasteiger partial charge in [-0.2, -0.15) is 23.3 Å². The topological polar surface area (TPSA) is 85.7 Å². The maximum absolute atomic E-state index is 13.5. The van der Waals surface area contributed by atoms with Crippen molar-refractivity contribution in [2.45, 2.75) is 38.0 Å². The highest BCUT2D eigenvalue weighted by atomic mass is 35.5. The van der Waals surface area contributed by atoms with Gasteiger partial charge in [0.25, 0.3) is 5.91 Å². The number of amidine groups is 1. The van der Waals surface area contributed by atoms with Crippen molar-refractivity contribution in [3.63, 3.8) is 0 Å². The number of benzene rings is 2. The van der Waals surface area contributed by atoms with Crippen LogP contribution in [-0.2, 0) is 22.3 Å². The molecule has 1 saturated heterocycles. The quantitative estimate of drug-likeness (QED) is 0.386. The van der Waals surface area contributed by atoms with Crippen molar-refractivity contribution < 1.29 is 22.7 Å². The molecule has 3 aromatic rings. The minimum atomic E-state index is -4.53. The van der Waals surface area contributed by atoms with Crippen LogP contribution < -0.4 is 5.73 Å². The minimum Gasteiger partial charge on any atom is -0.380 e. The van der Waals surface area contributed by atoms with Gasteiger partial charge in [0.15, 0.2) is 5.17 Å². The van der Waals surface area contributed by atoms with E-state index in [-0.39, 0.29) is 28.6 Å². The van der Waals surface area contributed by atoms with E-state index in [1.807, 2.05) is 19.1 Å². The SMILES string of the molecule is CCOCC1(N)CCN(C2=NC(=O)C(=Cc3ccc4c(cnn4Cc4ccc(Cl)cc4C(F)(F)F)c3)S2)CC1. The molecule has 2 N–H and O–H groups in total. The van der Waals surface area contributed by atoms with Crippen LogP contribution in [0.15, 0.2) is 52.5 Å². The molecule has 7 nitrogen and oxygen atoms in total. The summed E-state index contributed by atoms with van der Waals surface area (Å²) in [5, 5.41) is 5.74. The standard InChI is InChI=1S/C27H27ClF3N5O2S/c1-2-38-16-26(32)7-9-35(10-8-26)25-34-24(37)23(39-25)12-17-3-6-22-19(11-17)14-33-36(22)15-18-4-5-20(28)13-21(18)27(29,30)31/h3-6,11-14H,2,7-10,15-16,32H2,1H3. The largest absolute Gasteiger partial charge is 0.416 e. The van der Waals surface area contributed by atoms with Crippen LogP contribution >= 0.6 is 23.4 Å². The summed E-state index contributed by atoms with van der Waals surface area (Å²) in [7, 11) is 0. The number of piperidine rings is 1. The number of thioether (sulfide) groups is 1. The highest BCUT2D eigenvalue weighted by Gasteiger charge is 2.35. The highest BCUT2D eigenvalue weighted by molar-refractivity contribution is 8.18. The smallest absolute Gasteiger partial charge is 0.380 e. The zero-order valence-corrected chi connectivity index (χ0v) is 22.7. The molecule has 2 aliphatic rings. The number of ether oxygens (including phenoxy) is 1. The van der Waals surface area contributed by atoms with E-state index >= 15 is 0 Å². The average Bonchev–Trinajstić information content (AvgIpc) is 3.46. The van der Waals surface area contributed by atoms with E-state index in [1.54, 1.807) is 18.3 Å². The van der Waals surface area contributed by atoms with Gasteiger partial charge in [-0.05, 0) is 73.0 Å². The summed E-state index contributed by atoms with van der Waals surface area (Å²) in [5.74, 6) is -0.299. The van der Waals surface area contributed by atoms with Gasteiger partial charge in [0, 0.05) is 35.6 Å². The maximum Gasteiger partial charge on any atom is 0.416 e. The van der Waals surface area contributed by atoms with Crippen molar-refractivity contribution in [1.82, 2.24) is 14.7 Å². The van der Waals surface area contributed by atoms with E-state index in [0.29, 0.717) is 41.9 Å². The van der Waals surface area contributed by atoms with Crippen molar-refractivity contribution in [1.29, 1.82) is 0 Å². The molecule has 1 amide bonds. The second-order valence-electron chi connectivity index (χ2n) is 9.72. The Labute approximate surface area is 232 Å². The summed E-state index contributed by atoms with van der Waals surface area (Å²) < 4.78 is 47.6. The summed E-state index contributed by atoms with van der Waals surface area (Å²) in [5.41, 5.74) is 6.82. The van der Waals surface area contributed by atoms with Crippen LogP contribution in [-0.4, -0.2) is 57.6 Å². The number of fused-ring (bicyclic) bond motifs is 1. The Hall–Kier alpha value is -2.86. The third-order valence-electron chi connectivity index (χ3n) is 6.89. The molecule has 1 aromatic heterocycles. The van der Waals surface area contributed by atoms with E-state index < -0.39 is 11.7 Å². The molecule has 2 aliphatic heterocycles. The molecule has 206 valence electrons. The van der Waals surface area contributed by atoms with E-state index in [1.165, 1.54) is 28.6 Å². The lowest BCUT2D eigenvalue weighted by molar-refractivity contribution is -0.138. The number of likely N-dealkylation sites (tertiary alicyclic amines) is 1. The summed E-state index contributed by atoms with van der Waals surface area (Å²) in [4.78, 5) is 19.5. The molecule has 2 aromatic carbocycles. The predicted molar refractivity (Wildman–Crippen MR) is 148 cm³/mol. The minimum absolute atomic E-state index is 0.0231. The average molecular weight is 578 g/mol. The van der Waals surface area contributed by atoms with E-state index in [0.717, 1.165) is 29.9 Å². The Morgan fingerprint density at radius 1 is 1.21 bits per heavy atom. The number of alkyl halides is 3. The van der Waals surface area contributed by atoms with E-state index in [2.05, 4.69) is 15.0 Å². The number of aliphatic imine (C=N–C) groups is 1. The summed E-state index contributed by atoms with van der Waals surface area (Å²) in [6.45, 7) is 4.42. The Balaban J connectivity index is 1.29. The first-order valence-electron chi connectivity index (χ1n) is 12.5. The number of nitrogens with two attached hydrogens (primary N) is 1. The van der Waals surface area contributed by atoms with Gasteiger partial charge in [0.1, 0.15) is 0 Å².